The van der Waals surface area contributed by atoms with Gasteiger partial charge in [0, 0.05) is 18.7 Å². The minimum absolute atomic E-state index is 0.0274. The van der Waals surface area contributed by atoms with Crippen molar-refractivity contribution in [2.75, 3.05) is 24.3 Å². The minimum atomic E-state index is -3.47. The van der Waals surface area contributed by atoms with Crippen LogP contribution in [-0.2, 0) is 16.4 Å². The maximum atomic E-state index is 12.4. The summed E-state index contributed by atoms with van der Waals surface area (Å²) in [4.78, 5) is 13.6. The van der Waals surface area contributed by atoms with Gasteiger partial charge in [-0.2, -0.15) is 0 Å². The molecular formula is C17H18N2O5S. The molecule has 1 aliphatic heterocycles. The number of nitrogens with zero attached hydrogens (tertiary/aromatic N) is 1. The number of anilines is 1. The van der Waals surface area contributed by atoms with Crippen LogP contribution in [0.25, 0.3) is 0 Å². The molecule has 0 saturated carbocycles. The topological polar surface area (TPSA) is 95.9 Å². The van der Waals surface area contributed by atoms with E-state index in [4.69, 9.17) is 9.94 Å². The normalized spacial score (nSPS) is 15.4. The summed E-state index contributed by atoms with van der Waals surface area (Å²) in [5.74, 6) is -0.0179. The standard InChI is InChI=1S/C17H18N2O5S/c1-24-14-5-2-12(3-6-14)11-19-8-9-25(22,23)16-10-13(17(20)18-21)4-7-15(16)19/h2-7,10,21H,8-9,11H2,1H3,(H,18,20). The predicted octanol–water partition coefficient (Wildman–Crippen LogP) is 1.61. The third-order valence-corrected chi connectivity index (χ3v) is 5.88. The Kier molecular flexibility index (Phi) is 4.65. The average molecular weight is 362 g/mol. The Labute approximate surface area is 145 Å². The number of carbonyl (C=O) groups excluding carboxylic acids is 1. The molecule has 0 unspecified atom stereocenters. The molecule has 0 aromatic heterocycles. The van der Waals surface area contributed by atoms with Crippen molar-refractivity contribution in [1.29, 1.82) is 0 Å². The molecule has 25 heavy (non-hydrogen) atoms. The van der Waals surface area contributed by atoms with Crippen LogP contribution in [-0.4, -0.2) is 38.9 Å². The molecule has 132 valence electrons. The smallest absolute Gasteiger partial charge is 0.274 e. The van der Waals surface area contributed by atoms with Gasteiger partial charge in [0.25, 0.3) is 5.91 Å². The molecule has 0 atom stereocenters. The number of methoxy groups -OCH3 is 1. The molecule has 1 amide bonds. The van der Waals surface area contributed by atoms with E-state index < -0.39 is 15.7 Å². The van der Waals surface area contributed by atoms with Crippen molar-refractivity contribution in [3.63, 3.8) is 0 Å². The molecule has 2 N–H and O–H groups in total. The first kappa shape index (κ1) is 17.2. The highest BCUT2D eigenvalue weighted by molar-refractivity contribution is 7.91. The van der Waals surface area contributed by atoms with Crippen LogP contribution >= 0.6 is 0 Å². The summed E-state index contributed by atoms with van der Waals surface area (Å²) in [7, 11) is -1.87. The van der Waals surface area contributed by atoms with Crippen molar-refractivity contribution in [3.8, 4) is 5.75 Å². The fourth-order valence-electron chi connectivity index (χ4n) is 2.81. The van der Waals surface area contributed by atoms with Gasteiger partial charge in [-0.05, 0) is 35.9 Å². The number of benzene rings is 2. The number of ether oxygens (including phenoxy) is 1. The summed E-state index contributed by atoms with van der Waals surface area (Å²) in [5, 5.41) is 8.74. The molecule has 0 bridgehead atoms. The van der Waals surface area contributed by atoms with Gasteiger partial charge in [0.15, 0.2) is 9.84 Å². The van der Waals surface area contributed by atoms with Crippen LogP contribution in [0.4, 0.5) is 5.69 Å². The lowest BCUT2D eigenvalue weighted by Crippen LogP contribution is -2.35. The summed E-state index contributed by atoms with van der Waals surface area (Å²) in [6, 6.07) is 11.9. The zero-order chi connectivity index (χ0) is 18.0. The number of sulfone groups is 1. The van der Waals surface area contributed by atoms with E-state index in [1.54, 1.807) is 13.2 Å². The lowest BCUT2D eigenvalue weighted by atomic mass is 10.1. The number of hydrogen-bond acceptors (Lipinski definition) is 6. The number of hydroxylamine groups is 1. The van der Waals surface area contributed by atoms with Crippen molar-refractivity contribution < 1.29 is 23.2 Å². The highest BCUT2D eigenvalue weighted by Crippen LogP contribution is 2.32. The summed E-state index contributed by atoms with van der Waals surface area (Å²) in [6.45, 7) is 0.908. The van der Waals surface area contributed by atoms with Crippen LogP contribution in [0.2, 0.25) is 0 Å². The van der Waals surface area contributed by atoms with Gasteiger partial charge in [-0.25, -0.2) is 13.9 Å². The van der Waals surface area contributed by atoms with Gasteiger partial charge in [0.1, 0.15) is 5.75 Å². The summed E-state index contributed by atoms with van der Waals surface area (Å²) >= 11 is 0. The van der Waals surface area contributed by atoms with Crippen LogP contribution in [0.1, 0.15) is 15.9 Å². The molecule has 1 heterocycles. The third kappa shape index (κ3) is 3.45. The van der Waals surface area contributed by atoms with Crippen molar-refractivity contribution >= 4 is 21.4 Å². The molecule has 3 rings (SSSR count). The van der Waals surface area contributed by atoms with Crippen LogP contribution in [0.15, 0.2) is 47.4 Å². The minimum Gasteiger partial charge on any atom is -0.497 e. The van der Waals surface area contributed by atoms with Gasteiger partial charge in [-0.1, -0.05) is 12.1 Å². The molecule has 2 aromatic rings. The van der Waals surface area contributed by atoms with Gasteiger partial charge in [-0.15, -0.1) is 0 Å². The maximum absolute atomic E-state index is 12.4. The van der Waals surface area contributed by atoms with Crippen molar-refractivity contribution in [2.24, 2.45) is 0 Å². The Morgan fingerprint density at radius 2 is 1.96 bits per heavy atom. The van der Waals surface area contributed by atoms with E-state index in [0.717, 1.165) is 11.3 Å². The van der Waals surface area contributed by atoms with E-state index in [1.165, 1.54) is 17.6 Å². The van der Waals surface area contributed by atoms with E-state index in [-0.39, 0.29) is 16.2 Å². The fraction of sp³-hybridized carbons (Fsp3) is 0.235. The molecule has 1 aliphatic rings. The molecule has 0 radical (unpaired) electrons. The SMILES string of the molecule is COc1ccc(CN2CCS(=O)(=O)c3cc(C(=O)NO)ccc32)cc1. The Hall–Kier alpha value is -2.58. The zero-order valence-electron chi connectivity index (χ0n) is 13.6. The second kappa shape index (κ2) is 6.73. The summed E-state index contributed by atoms with van der Waals surface area (Å²) in [6.07, 6.45) is 0. The van der Waals surface area contributed by atoms with Gasteiger partial charge in [0.05, 0.1) is 23.4 Å². The van der Waals surface area contributed by atoms with Gasteiger partial charge >= 0.3 is 0 Å². The van der Waals surface area contributed by atoms with Crippen LogP contribution in [0, 0.1) is 0 Å². The predicted molar refractivity (Wildman–Crippen MR) is 91.8 cm³/mol. The van der Waals surface area contributed by atoms with E-state index >= 15 is 0 Å². The van der Waals surface area contributed by atoms with Crippen LogP contribution < -0.4 is 15.1 Å². The second-order valence-electron chi connectivity index (χ2n) is 5.71. The van der Waals surface area contributed by atoms with Crippen molar-refractivity contribution in [2.45, 2.75) is 11.4 Å². The molecular weight excluding hydrogens is 344 g/mol. The average Bonchev–Trinajstić information content (AvgIpc) is 2.64. The third-order valence-electron chi connectivity index (χ3n) is 4.16. The quantitative estimate of drug-likeness (QED) is 0.634. The number of nitrogens with one attached hydrogen (secondary N) is 1. The van der Waals surface area contributed by atoms with Crippen molar-refractivity contribution in [1.82, 2.24) is 5.48 Å². The number of amides is 1. The Morgan fingerprint density at radius 3 is 2.60 bits per heavy atom. The number of hydrogen-bond donors (Lipinski definition) is 2. The van der Waals surface area contributed by atoms with E-state index in [1.807, 2.05) is 29.2 Å². The number of fused-ring (bicyclic) bond motifs is 1. The fourth-order valence-corrected chi connectivity index (χ4v) is 4.31. The molecule has 0 aliphatic carbocycles. The first-order chi connectivity index (χ1) is 11.9. The lowest BCUT2D eigenvalue weighted by Gasteiger charge is -2.31. The molecule has 8 heteroatoms. The summed E-state index contributed by atoms with van der Waals surface area (Å²) in [5.41, 5.74) is 3.18. The Morgan fingerprint density at radius 1 is 1.24 bits per heavy atom. The largest absolute Gasteiger partial charge is 0.497 e. The molecule has 2 aromatic carbocycles. The van der Waals surface area contributed by atoms with Gasteiger partial charge in [0.2, 0.25) is 0 Å². The highest BCUT2D eigenvalue weighted by Gasteiger charge is 2.29. The Bertz CT molecular complexity index is 894. The lowest BCUT2D eigenvalue weighted by molar-refractivity contribution is 0.0706. The van der Waals surface area contributed by atoms with Gasteiger partial charge in [-0.3, -0.25) is 10.0 Å². The van der Waals surface area contributed by atoms with Crippen LogP contribution in [0.5, 0.6) is 5.75 Å². The van der Waals surface area contributed by atoms with E-state index in [9.17, 15) is 13.2 Å². The van der Waals surface area contributed by atoms with Crippen molar-refractivity contribution in [3.05, 3.63) is 53.6 Å². The van der Waals surface area contributed by atoms with E-state index in [0.29, 0.717) is 18.8 Å². The second-order valence-corrected chi connectivity index (χ2v) is 7.79. The van der Waals surface area contributed by atoms with Gasteiger partial charge < -0.3 is 9.64 Å². The van der Waals surface area contributed by atoms with E-state index in [2.05, 4.69) is 0 Å². The molecule has 0 fully saturated rings. The van der Waals surface area contributed by atoms with Crippen LogP contribution in [0.3, 0.4) is 0 Å². The first-order valence-electron chi connectivity index (χ1n) is 7.64. The highest BCUT2D eigenvalue weighted by atomic mass is 32.2. The summed E-state index contributed by atoms with van der Waals surface area (Å²) < 4.78 is 29.9. The maximum Gasteiger partial charge on any atom is 0.274 e. The number of rotatable bonds is 4. The number of carbonyl (C=O) groups is 1. The Balaban J connectivity index is 1.95. The first-order valence-corrected chi connectivity index (χ1v) is 9.29. The monoisotopic (exact) mass is 362 g/mol. The zero-order valence-corrected chi connectivity index (χ0v) is 14.4. The molecule has 0 spiro atoms. The molecule has 0 saturated heterocycles. The molecule has 7 nitrogen and oxygen atoms in total.